The Labute approximate surface area is 204 Å². The van der Waals surface area contributed by atoms with E-state index in [2.05, 4.69) is 49.4 Å². The van der Waals surface area contributed by atoms with E-state index in [4.69, 9.17) is 10.00 Å². The van der Waals surface area contributed by atoms with E-state index in [0.29, 0.717) is 5.92 Å². The predicted molar refractivity (Wildman–Crippen MR) is 134 cm³/mol. The number of nitriles is 1. The number of aromatic nitrogens is 3. The van der Waals surface area contributed by atoms with E-state index in [1.165, 1.54) is 23.8 Å². The summed E-state index contributed by atoms with van der Waals surface area (Å²) in [6.45, 7) is 1.94. The van der Waals surface area contributed by atoms with Crippen LogP contribution in [0.4, 0.5) is 16.3 Å². The van der Waals surface area contributed by atoms with Crippen molar-refractivity contribution in [3.63, 3.8) is 0 Å². The van der Waals surface area contributed by atoms with Crippen LogP contribution in [0.25, 0.3) is 5.57 Å². The second kappa shape index (κ2) is 10.4. The summed E-state index contributed by atoms with van der Waals surface area (Å²) in [5.74, 6) is 1.50. The molecule has 35 heavy (non-hydrogen) atoms. The van der Waals surface area contributed by atoms with E-state index < -0.39 is 6.09 Å². The highest BCUT2D eigenvalue weighted by Gasteiger charge is 2.23. The van der Waals surface area contributed by atoms with Crippen LogP contribution >= 0.6 is 0 Å². The molecule has 178 valence electrons. The number of ether oxygens (including phenoxy) is 1. The van der Waals surface area contributed by atoms with Gasteiger partial charge in [0.25, 0.3) is 0 Å². The lowest BCUT2D eigenvalue weighted by Gasteiger charge is -2.33. The molecule has 8 heteroatoms. The zero-order valence-electron chi connectivity index (χ0n) is 19.5. The number of nitrogens with one attached hydrogen (secondary N) is 2. The average molecular weight is 469 g/mol. The molecule has 1 saturated heterocycles. The van der Waals surface area contributed by atoms with E-state index in [1.807, 2.05) is 30.5 Å². The fourth-order valence-corrected chi connectivity index (χ4v) is 4.89. The van der Waals surface area contributed by atoms with Gasteiger partial charge in [-0.25, -0.2) is 14.8 Å². The van der Waals surface area contributed by atoms with Crippen LogP contribution in [0.3, 0.4) is 0 Å². The van der Waals surface area contributed by atoms with Crippen molar-refractivity contribution in [3.8, 4) is 12.1 Å². The molecular weight excluding hydrogens is 440 g/mol. The van der Waals surface area contributed by atoms with Gasteiger partial charge in [0.1, 0.15) is 17.6 Å². The zero-order chi connectivity index (χ0) is 24.0. The molecule has 2 N–H and O–H groups in total. The second-order valence-electron chi connectivity index (χ2n) is 8.96. The van der Waals surface area contributed by atoms with Gasteiger partial charge in [-0.2, -0.15) is 5.26 Å². The van der Waals surface area contributed by atoms with E-state index in [1.54, 1.807) is 0 Å². The first-order valence-corrected chi connectivity index (χ1v) is 12.1. The maximum absolute atomic E-state index is 12.6. The van der Waals surface area contributed by atoms with Crippen molar-refractivity contribution < 1.29 is 9.53 Å². The number of imidazole rings is 1. The number of rotatable bonds is 5. The predicted octanol–water partition coefficient (Wildman–Crippen LogP) is 5.63. The molecule has 8 nitrogen and oxygen atoms in total. The number of nitrogens with zero attached hydrogens (tertiary/aromatic N) is 4. The Bertz CT molecular complexity index is 1250. The Morgan fingerprint density at radius 3 is 2.77 bits per heavy atom. The van der Waals surface area contributed by atoms with Gasteiger partial charge in [-0.3, -0.25) is 10.3 Å². The van der Waals surface area contributed by atoms with Gasteiger partial charge in [0.05, 0.1) is 11.9 Å². The minimum Gasteiger partial charge on any atom is -0.375 e. The third-order valence-corrected chi connectivity index (χ3v) is 6.72. The fraction of sp³-hybridized carbons (Fsp3) is 0.333. The quantitative estimate of drug-likeness (QED) is 0.503. The average Bonchev–Trinajstić information content (AvgIpc) is 3.37. The number of anilines is 2. The Morgan fingerprint density at radius 1 is 1.17 bits per heavy atom. The van der Waals surface area contributed by atoms with Crippen molar-refractivity contribution in [2.24, 2.45) is 0 Å². The molecule has 0 saturated carbocycles. The maximum Gasteiger partial charge on any atom is 0.419 e. The van der Waals surface area contributed by atoms with Gasteiger partial charge in [0, 0.05) is 24.8 Å². The molecule has 1 aromatic carbocycles. The Morgan fingerprint density at radius 2 is 2.06 bits per heavy atom. The number of hydrogen-bond acceptors (Lipinski definition) is 6. The molecule has 1 aliphatic heterocycles. The minimum atomic E-state index is -0.641. The van der Waals surface area contributed by atoms with Crippen LogP contribution in [0.1, 0.15) is 61.3 Å². The number of carbonyl (C=O) groups is 1. The minimum absolute atomic E-state index is 0.00577. The molecule has 1 aliphatic carbocycles. The van der Waals surface area contributed by atoms with Crippen molar-refractivity contribution in [1.82, 2.24) is 15.0 Å². The van der Waals surface area contributed by atoms with Gasteiger partial charge in [0.2, 0.25) is 0 Å². The van der Waals surface area contributed by atoms with Crippen LogP contribution in [0.2, 0.25) is 0 Å². The van der Waals surface area contributed by atoms with E-state index in [0.717, 1.165) is 62.3 Å². The molecule has 3 heterocycles. The monoisotopic (exact) mass is 468 g/mol. The largest absolute Gasteiger partial charge is 0.419 e. The third kappa shape index (κ3) is 5.35. The van der Waals surface area contributed by atoms with E-state index in [9.17, 15) is 4.79 Å². The van der Waals surface area contributed by atoms with Gasteiger partial charge in [-0.05, 0) is 79.8 Å². The molecule has 2 aliphatic rings. The topological polar surface area (TPSA) is 107 Å². The summed E-state index contributed by atoms with van der Waals surface area (Å²) in [4.78, 5) is 26.0. The van der Waals surface area contributed by atoms with Crippen LogP contribution < -0.4 is 15.0 Å². The lowest BCUT2D eigenvalue weighted by Crippen LogP contribution is -2.33. The van der Waals surface area contributed by atoms with Gasteiger partial charge in [0.15, 0.2) is 0 Å². The smallest absolute Gasteiger partial charge is 0.375 e. The number of amides is 1. The molecule has 0 spiro atoms. The first kappa shape index (κ1) is 22.7. The highest BCUT2D eigenvalue weighted by molar-refractivity contribution is 5.91. The first-order valence-electron chi connectivity index (χ1n) is 12.1. The van der Waals surface area contributed by atoms with E-state index in [-0.39, 0.29) is 11.7 Å². The summed E-state index contributed by atoms with van der Waals surface area (Å²) in [5, 5.41) is 11.8. The summed E-state index contributed by atoms with van der Waals surface area (Å²) in [5.41, 5.74) is 4.59. The number of carbonyl (C=O) groups excluding carboxylic acids is 1. The van der Waals surface area contributed by atoms with Crippen LogP contribution in [0.5, 0.6) is 6.01 Å². The van der Waals surface area contributed by atoms with Crippen LogP contribution in [0, 0.1) is 11.3 Å². The highest BCUT2D eigenvalue weighted by Crippen LogP contribution is 2.37. The summed E-state index contributed by atoms with van der Waals surface area (Å²) < 4.78 is 5.24. The molecule has 1 fully saturated rings. The molecule has 0 radical (unpaired) electrons. The van der Waals surface area contributed by atoms with Crippen LogP contribution in [0.15, 0.2) is 54.9 Å². The number of aromatic amines is 1. The van der Waals surface area contributed by atoms with Gasteiger partial charge in [-0.1, -0.05) is 18.2 Å². The first-order chi connectivity index (χ1) is 17.2. The molecule has 1 amide bonds. The summed E-state index contributed by atoms with van der Waals surface area (Å²) >= 11 is 0. The van der Waals surface area contributed by atoms with Crippen molar-refractivity contribution in [2.75, 3.05) is 23.3 Å². The summed E-state index contributed by atoms with van der Waals surface area (Å²) in [6.07, 6.45) is 11.3. The highest BCUT2D eigenvalue weighted by atomic mass is 16.6. The molecule has 5 rings (SSSR count). The van der Waals surface area contributed by atoms with Crippen molar-refractivity contribution in [1.29, 1.82) is 5.26 Å². The molecule has 0 unspecified atom stereocenters. The number of allylic oxidation sites excluding steroid dienone is 2. The Kier molecular flexibility index (Phi) is 6.75. The molecule has 3 aromatic rings. The number of pyridine rings is 1. The van der Waals surface area contributed by atoms with Crippen LogP contribution in [-0.4, -0.2) is 34.1 Å². The maximum atomic E-state index is 12.6. The summed E-state index contributed by atoms with van der Waals surface area (Å²) in [6, 6.07) is 14.3. The normalized spacial score (nSPS) is 16.3. The molecule has 0 bridgehead atoms. The van der Waals surface area contributed by atoms with Crippen LogP contribution in [-0.2, 0) is 0 Å². The van der Waals surface area contributed by atoms with Crippen molar-refractivity contribution in [2.45, 2.75) is 44.4 Å². The number of piperidine rings is 1. The standard InChI is InChI=1S/C27H28N6O2/c28-17-22-18-30-26(31-22)35-27(34)32-24-10-9-21(16-23(24)20-6-2-1-3-7-20)19-11-14-33(15-12-19)25-8-4-5-13-29-25/h4-6,8-10,13,16,18-19H,1-3,7,11-12,14-15H2,(H,30,31)(H,32,34). The number of benzene rings is 1. The number of H-pyrrole nitrogens is 1. The molecule has 0 atom stereocenters. The lowest BCUT2D eigenvalue weighted by molar-refractivity contribution is 0.211. The lowest BCUT2D eigenvalue weighted by atomic mass is 9.85. The van der Waals surface area contributed by atoms with Gasteiger partial charge >= 0.3 is 12.1 Å². The fourth-order valence-electron chi connectivity index (χ4n) is 4.89. The van der Waals surface area contributed by atoms with Gasteiger partial charge < -0.3 is 9.64 Å². The Balaban J connectivity index is 1.32. The summed E-state index contributed by atoms with van der Waals surface area (Å²) in [7, 11) is 0. The number of hydrogen-bond donors (Lipinski definition) is 2. The third-order valence-electron chi connectivity index (χ3n) is 6.72. The van der Waals surface area contributed by atoms with Crippen molar-refractivity contribution >= 4 is 23.2 Å². The molecular formula is C27H28N6O2. The SMILES string of the molecule is N#Cc1cnc(OC(=O)Nc2ccc(C3CCN(c4ccccn4)CC3)cc2C2=CCCCC2)[nH]1. The Hall–Kier alpha value is -4.12. The molecule has 2 aromatic heterocycles. The van der Waals surface area contributed by atoms with E-state index >= 15 is 0 Å². The second-order valence-corrected chi connectivity index (χ2v) is 8.96. The zero-order valence-corrected chi connectivity index (χ0v) is 19.5. The van der Waals surface area contributed by atoms with Gasteiger partial charge in [-0.15, -0.1) is 0 Å². The van der Waals surface area contributed by atoms with Crippen molar-refractivity contribution in [3.05, 3.63) is 71.7 Å².